The molecule has 0 aliphatic carbocycles. The maximum atomic E-state index is 11.0. The molecule has 0 saturated carbocycles. The maximum absolute atomic E-state index is 11.0. The van der Waals surface area contributed by atoms with Crippen molar-refractivity contribution in [2.45, 2.75) is 32.8 Å². The van der Waals surface area contributed by atoms with Crippen LogP contribution in [-0.4, -0.2) is 25.3 Å². The first-order valence-corrected chi connectivity index (χ1v) is 5.09. The van der Waals surface area contributed by atoms with Gasteiger partial charge in [0.2, 0.25) is 0 Å². The van der Waals surface area contributed by atoms with Gasteiger partial charge in [0, 0.05) is 11.5 Å². The molecule has 1 saturated heterocycles. The Kier molecular flexibility index (Phi) is 4.14. The summed E-state index contributed by atoms with van der Waals surface area (Å²) < 4.78 is 10.3. The zero-order valence-corrected chi connectivity index (χ0v) is 8.91. The van der Waals surface area contributed by atoms with Crippen LogP contribution in [-0.2, 0) is 14.3 Å². The number of rotatable bonds is 5. The van der Waals surface area contributed by atoms with Gasteiger partial charge in [-0.2, -0.15) is 0 Å². The van der Waals surface area contributed by atoms with Gasteiger partial charge in [-0.1, -0.05) is 13.5 Å². The molecule has 1 aliphatic rings. The van der Waals surface area contributed by atoms with Crippen LogP contribution in [0.5, 0.6) is 0 Å². The lowest BCUT2D eigenvalue weighted by Crippen LogP contribution is -2.39. The largest absolute Gasteiger partial charge is 0.462 e. The predicted octanol–water partition coefficient (Wildman–Crippen LogP) is 1.92. The minimum Gasteiger partial charge on any atom is -0.462 e. The van der Waals surface area contributed by atoms with Gasteiger partial charge in [-0.05, 0) is 19.8 Å². The highest BCUT2D eigenvalue weighted by molar-refractivity contribution is 5.86. The van der Waals surface area contributed by atoms with Crippen molar-refractivity contribution in [2.75, 3.05) is 13.2 Å². The smallest absolute Gasteiger partial charge is 0.333 e. The van der Waals surface area contributed by atoms with E-state index in [0.717, 1.165) is 19.4 Å². The molecule has 2 atom stereocenters. The summed E-state index contributed by atoms with van der Waals surface area (Å²) in [5.74, 6) is 0.274. The van der Waals surface area contributed by atoms with Crippen LogP contribution in [0.2, 0.25) is 0 Å². The number of ether oxygens (including phenoxy) is 2. The molecule has 1 fully saturated rings. The molecule has 0 aromatic carbocycles. The van der Waals surface area contributed by atoms with Crippen LogP contribution in [0.25, 0.3) is 0 Å². The number of carbonyl (C=O) groups excluding carboxylic acids is 1. The van der Waals surface area contributed by atoms with Crippen molar-refractivity contribution >= 4 is 5.97 Å². The molecule has 0 aromatic heterocycles. The van der Waals surface area contributed by atoms with E-state index in [1.54, 1.807) is 6.92 Å². The van der Waals surface area contributed by atoms with Gasteiger partial charge in [0.05, 0.1) is 19.3 Å². The summed E-state index contributed by atoms with van der Waals surface area (Å²) in [6.45, 7) is 8.57. The van der Waals surface area contributed by atoms with Crippen molar-refractivity contribution in [2.24, 2.45) is 5.92 Å². The summed E-state index contributed by atoms with van der Waals surface area (Å²) in [6.07, 6.45) is 2.31. The van der Waals surface area contributed by atoms with E-state index in [2.05, 4.69) is 13.5 Å². The Labute approximate surface area is 85.1 Å². The molecule has 0 spiro atoms. The molecule has 80 valence electrons. The molecule has 0 aromatic rings. The first-order valence-electron chi connectivity index (χ1n) is 5.09. The maximum Gasteiger partial charge on any atom is 0.333 e. The third-order valence-electron chi connectivity index (χ3n) is 2.52. The van der Waals surface area contributed by atoms with Crippen LogP contribution in [0.1, 0.15) is 26.7 Å². The van der Waals surface area contributed by atoms with Gasteiger partial charge >= 0.3 is 5.97 Å². The van der Waals surface area contributed by atoms with Gasteiger partial charge < -0.3 is 9.47 Å². The van der Waals surface area contributed by atoms with Crippen LogP contribution >= 0.6 is 0 Å². The highest BCUT2D eigenvalue weighted by atomic mass is 16.5. The van der Waals surface area contributed by atoms with E-state index >= 15 is 0 Å². The fourth-order valence-electron chi connectivity index (χ4n) is 1.51. The van der Waals surface area contributed by atoms with Crippen molar-refractivity contribution in [3.63, 3.8) is 0 Å². The van der Waals surface area contributed by atoms with E-state index in [9.17, 15) is 4.79 Å². The first-order chi connectivity index (χ1) is 6.65. The van der Waals surface area contributed by atoms with E-state index < -0.39 is 0 Å². The minimum atomic E-state index is -0.293. The van der Waals surface area contributed by atoms with Gasteiger partial charge in [0.1, 0.15) is 0 Å². The lowest BCUT2D eigenvalue weighted by atomic mass is 9.93. The highest BCUT2D eigenvalue weighted by Crippen LogP contribution is 2.25. The Morgan fingerprint density at radius 1 is 1.64 bits per heavy atom. The molecule has 0 radical (unpaired) electrons. The van der Waals surface area contributed by atoms with Gasteiger partial charge in [-0.3, -0.25) is 0 Å². The number of hydrogen-bond acceptors (Lipinski definition) is 3. The van der Waals surface area contributed by atoms with Crippen molar-refractivity contribution in [1.29, 1.82) is 0 Å². The van der Waals surface area contributed by atoms with Crippen molar-refractivity contribution < 1.29 is 14.3 Å². The average molecular weight is 198 g/mol. The Balaban J connectivity index is 2.10. The van der Waals surface area contributed by atoms with Crippen molar-refractivity contribution in [1.82, 2.24) is 0 Å². The third-order valence-corrected chi connectivity index (χ3v) is 2.52. The lowest BCUT2D eigenvalue weighted by Gasteiger charge is -2.36. The van der Waals surface area contributed by atoms with Gasteiger partial charge in [0.25, 0.3) is 0 Å². The zero-order valence-electron chi connectivity index (χ0n) is 8.91. The number of esters is 1. The van der Waals surface area contributed by atoms with Crippen molar-refractivity contribution in [3.8, 4) is 0 Å². The van der Waals surface area contributed by atoms with Gasteiger partial charge in [-0.15, -0.1) is 0 Å². The molecular formula is C11H18O3. The first kappa shape index (κ1) is 11.2. The summed E-state index contributed by atoms with van der Waals surface area (Å²) in [5, 5.41) is 0. The van der Waals surface area contributed by atoms with E-state index in [4.69, 9.17) is 9.47 Å². The summed E-state index contributed by atoms with van der Waals surface area (Å²) in [6, 6.07) is 0. The molecule has 0 bridgehead atoms. The zero-order chi connectivity index (χ0) is 10.6. The van der Waals surface area contributed by atoms with Crippen LogP contribution in [0.15, 0.2) is 12.2 Å². The second-order valence-corrected chi connectivity index (χ2v) is 3.75. The average Bonchev–Trinajstić information content (AvgIpc) is 2.10. The molecule has 3 nitrogen and oxygen atoms in total. The highest BCUT2D eigenvalue weighted by Gasteiger charge is 2.30. The fraction of sp³-hybridized carbons (Fsp3) is 0.727. The third kappa shape index (κ3) is 2.84. The Morgan fingerprint density at radius 3 is 2.79 bits per heavy atom. The standard InChI is InChI=1S/C11H18O3/c1-4-10-9(7-14-10)5-6-13-11(12)8(2)3/h9-10H,2,4-7H2,1,3H3. The molecule has 0 N–H and O–H groups in total. The molecule has 1 aliphatic heterocycles. The molecule has 3 heteroatoms. The summed E-state index contributed by atoms with van der Waals surface area (Å²) in [7, 11) is 0. The monoisotopic (exact) mass is 198 g/mol. The molecule has 1 rings (SSSR count). The van der Waals surface area contributed by atoms with Crippen LogP contribution in [0.4, 0.5) is 0 Å². The Bertz CT molecular complexity index is 221. The molecule has 14 heavy (non-hydrogen) atoms. The van der Waals surface area contributed by atoms with Crippen LogP contribution in [0.3, 0.4) is 0 Å². The second-order valence-electron chi connectivity index (χ2n) is 3.75. The topological polar surface area (TPSA) is 35.5 Å². The molecule has 1 heterocycles. The van der Waals surface area contributed by atoms with Crippen LogP contribution in [0, 0.1) is 5.92 Å². The minimum absolute atomic E-state index is 0.293. The Morgan fingerprint density at radius 2 is 2.36 bits per heavy atom. The van der Waals surface area contributed by atoms with Crippen LogP contribution < -0.4 is 0 Å². The molecular weight excluding hydrogens is 180 g/mol. The summed E-state index contributed by atoms with van der Waals surface area (Å²) in [5.41, 5.74) is 0.460. The van der Waals surface area contributed by atoms with E-state index in [1.165, 1.54) is 0 Å². The lowest BCUT2D eigenvalue weighted by molar-refractivity contribution is -0.145. The van der Waals surface area contributed by atoms with Gasteiger partial charge in [0.15, 0.2) is 0 Å². The van der Waals surface area contributed by atoms with E-state index in [-0.39, 0.29) is 5.97 Å². The molecule has 0 amide bonds. The van der Waals surface area contributed by atoms with Gasteiger partial charge in [-0.25, -0.2) is 4.79 Å². The fourth-order valence-corrected chi connectivity index (χ4v) is 1.51. The molecule has 2 unspecified atom stereocenters. The SMILES string of the molecule is C=C(C)C(=O)OCCC1COC1CC. The normalized spacial score (nSPS) is 25.3. The second kappa shape index (κ2) is 5.15. The van der Waals surface area contributed by atoms with E-state index in [0.29, 0.717) is 24.2 Å². The summed E-state index contributed by atoms with van der Waals surface area (Å²) in [4.78, 5) is 11.0. The van der Waals surface area contributed by atoms with Crippen molar-refractivity contribution in [3.05, 3.63) is 12.2 Å². The number of carbonyl (C=O) groups is 1. The predicted molar refractivity (Wildman–Crippen MR) is 53.9 cm³/mol. The quantitative estimate of drug-likeness (QED) is 0.500. The summed E-state index contributed by atoms with van der Waals surface area (Å²) >= 11 is 0. The van der Waals surface area contributed by atoms with E-state index in [1.807, 2.05) is 0 Å². The Hall–Kier alpha value is -0.830. The number of hydrogen-bond donors (Lipinski definition) is 0.